The predicted octanol–water partition coefficient (Wildman–Crippen LogP) is 0.772. The maximum absolute atomic E-state index is 12.5. The molecule has 2 N–H and O–H groups in total. The first kappa shape index (κ1) is 18.4. The van der Waals surface area contributed by atoms with Crippen molar-refractivity contribution in [1.29, 1.82) is 0 Å². The summed E-state index contributed by atoms with van der Waals surface area (Å²) >= 11 is 0. The fraction of sp³-hybridized carbons (Fsp3) is 0.556. The van der Waals surface area contributed by atoms with Crippen LogP contribution in [0.2, 0.25) is 0 Å². The number of rotatable bonds is 6. The van der Waals surface area contributed by atoms with E-state index in [-0.39, 0.29) is 11.8 Å². The number of piperazine rings is 1. The van der Waals surface area contributed by atoms with Crippen molar-refractivity contribution >= 4 is 11.8 Å². The maximum Gasteiger partial charge on any atom is 0.253 e. The zero-order valence-electron chi connectivity index (χ0n) is 14.7. The highest BCUT2D eigenvalue weighted by atomic mass is 16.2. The largest absolute Gasteiger partial charge is 0.342 e. The number of nitrogens with zero attached hydrogens (tertiary/aromatic N) is 3. The van der Waals surface area contributed by atoms with Gasteiger partial charge in [0.1, 0.15) is 0 Å². The molecule has 0 radical (unpaired) electrons. The van der Waals surface area contributed by atoms with Gasteiger partial charge in [0.15, 0.2) is 0 Å². The molecule has 2 amide bonds. The quantitative estimate of drug-likeness (QED) is 0.835. The molecule has 2 rings (SSSR count). The molecule has 0 aliphatic carbocycles. The Hall–Kier alpha value is -1.92. The van der Waals surface area contributed by atoms with Gasteiger partial charge in [0.2, 0.25) is 5.91 Å². The van der Waals surface area contributed by atoms with E-state index in [1.807, 2.05) is 47.9 Å². The van der Waals surface area contributed by atoms with Crippen LogP contribution < -0.4 is 5.73 Å². The van der Waals surface area contributed by atoms with Gasteiger partial charge < -0.3 is 15.5 Å². The standard InChI is InChI=1S/C18H28N4O2/c1-3-21(4-2)17(23)14-20-9-11-22(12-10-20)18(24)16-7-5-15(13-19)6-8-16/h5-8H,3-4,9-14,19H2,1-2H3. The lowest BCUT2D eigenvalue weighted by Crippen LogP contribution is -2.51. The number of amides is 2. The van der Waals surface area contributed by atoms with Crippen LogP contribution in [-0.4, -0.2) is 72.3 Å². The van der Waals surface area contributed by atoms with Crippen LogP contribution in [0.15, 0.2) is 24.3 Å². The van der Waals surface area contributed by atoms with Crippen LogP contribution in [0, 0.1) is 0 Å². The zero-order valence-corrected chi connectivity index (χ0v) is 14.7. The fourth-order valence-corrected chi connectivity index (χ4v) is 2.94. The molecule has 1 saturated heterocycles. The molecule has 132 valence electrons. The summed E-state index contributed by atoms with van der Waals surface area (Å²) < 4.78 is 0. The fourth-order valence-electron chi connectivity index (χ4n) is 2.94. The van der Waals surface area contributed by atoms with E-state index < -0.39 is 0 Å². The zero-order chi connectivity index (χ0) is 17.5. The Morgan fingerprint density at radius 1 is 1.04 bits per heavy atom. The summed E-state index contributed by atoms with van der Waals surface area (Å²) in [4.78, 5) is 30.5. The van der Waals surface area contributed by atoms with Crippen LogP contribution in [0.25, 0.3) is 0 Å². The van der Waals surface area contributed by atoms with Crippen LogP contribution in [0.3, 0.4) is 0 Å². The SMILES string of the molecule is CCN(CC)C(=O)CN1CCN(C(=O)c2ccc(CN)cc2)CC1. The van der Waals surface area contributed by atoms with Gasteiger partial charge in [-0.1, -0.05) is 12.1 Å². The molecule has 24 heavy (non-hydrogen) atoms. The first-order valence-corrected chi connectivity index (χ1v) is 8.67. The van der Waals surface area contributed by atoms with Crippen molar-refractivity contribution < 1.29 is 9.59 Å². The van der Waals surface area contributed by atoms with E-state index in [1.54, 1.807) is 0 Å². The molecule has 1 aromatic carbocycles. The number of likely N-dealkylation sites (N-methyl/N-ethyl adjacent to an activating group) is 1. The number of carbonyl (C=O) groups excluding carboxylic acids is 2. The van der Waals surface area contributed by atoms with Crippen molar-refractivity contribution in [2.45, 2.75) is 20.4 Å². The van der Waals surface area contributed by atoms with Crippen LogP contribution >= 0.6 is 0 Å². The summed E-state index contributed by atoms with van der Waals surface area (Å²) in [5, 5.41) is 0. The highest BCUT2D eigenvalue weighted by Crippen LogP contribution is 2.10. The average Bonchev–Trinajstić information content (AvgIpc) is 2.63. The third-order valence-electron chi connectivity index (χ3n) is 4.57. The lowest BCUT2D eigenvalue weighted by atomic mass is 10.1. The van der Waals surface area contributed by atoms with Gasteiger partial charge in [0.05, 0.1) is 6.54 Å². The first-order valence-electron chi connectivity index (χ1n) is 8.67. The Morgan fingerprint density at radius 2 is 1.62 bits per heavy atom. The topological polar surface area (TPSA) is 69.9 Å². The van der Waals surface area contributed by atoms with Gasteiger partial charge in [0.25, 0.3) is 5.91 Å². The average molecular weight is 332 g/mol. The van der Waals surface area contributed by atoms with E-state index in [2.05, 4.69) is 4.90 Å². The molecule has 6 heteroatoms. The van der Waals surface area contributed by atoms with Gasteiger partial charge in [-0.15, -0.1) is 0 Å². The highest BCUT2D eigenvalue weighted by molar-refractivity contribution is 5.94. The number of benzene rings is 1. The molecule has 6 nitrogen and oxygen atoms in total. The minimum atomic E-state index is 0.0493. The van der Waals surface area contributed by atoms with Gasteiger partial charge in [-0.05, 0) is 31.5 Å². The van der Waals surface area contributed by atoms with E-state index >= 15 is 0 Å². The van der Waals surface area contributed by atoms with Crippen LogP contribution in [0.5, 0.6) is 0 Å². The third kappa shape index (κ3) is 4.55. The van der Waals surface area contributed by atoms with Gasteiger partial charge in [0, 0.05) is 51.4 Å². The molecule has 0 spiro atoms. The van der Waals surface area contributed by atoms with E-state index in [1.165, 1.54) is 0 Å². The molecule has 0 saturated carbocycles. The lowest BCUT2D eigenvalue weighted by Gasteiger charge is -2.35. The maximum atomic E-state index is 12.5. The highest BCUT2D eigenvalue weighted by Gasteiger charge is 2.24. The molecular weight excluding hydrogens is 304 g/mol. The van der Waals surface area contributed by atoms with Crippen molar-refractivity contribution in [3.63, 3.8) is 0 Å². The Bertz CT molecular complexity index is 547. The number of nitrogens with two attached hydrogens (primary N) is 1. The van der Waals surface area contributed by atoms with E-state index in [0.29, 0.717) is 31.7 Å². The lowest BCUT2D eigenvalue weighted by molar-refractivity contribution is -0.132. The molecule has 1 fully saturated rings. The summed E-state index contributed by atoms with van der Waals surface area (Å²) in [6, 6.07) is 7.46. The minimum Gasteiger partial charge on any atom is -0.342 e. The normalized spacial score (nSPS) is 15.4. The summed E-state index contributed by atoms with van der Waals surface area (Å²) in [5.74, 6) is 0.213. The van der Waals surface area contributed by atoms with Gasteiger partial charge >= 0.3 is 0 Å². The minimum absolute atomic E-state index is 0.0493. The smallest absolute Gasteiger partial charge is 0.253 e. The Labute approximate surface area is 144 Å². The summed E-state index contributed by atoms with van der Waals surface area (Å²) in [6.45, 7) is 9.18. The summed E-state index contributed by atoms with van der Waals surface area (Å²) in [6.07, 6.45) is 0. The van der Waals surface area contributed by atoms with E-state index in [4.69, 9.17) is 5.73 Å². The number of hydrogen-bond acceptors (Lipinski definition) is 4. The molecule has 0 atom stereocenters. The van der Waals surface area contributed by atoms with Crippen molar-refractivity contribution in [1.82, 2.24) is 14.7 Å². The van der Waals surface area contributed by atoms with Crippen LogP contribution in [0.1, 0.15) is 29.8 Å². The number of carbonyl (C=O) groups is 2. The predicted molar refractivity (Wildman–Crippen MR) is 94.6 cm³/mol. The molecule has 1 aromatic rings. The Balaban J connectivity index is 1.85. The van der Waals surface area contributed by atoms with Gasteiger partial charge in [-0.25, -0.2) is 0 Å². The van der Waals surface area contributed by atoms with Crippen molar-refractivity contribution in [2.24, 2.45) is 5.73 Å². The van der Waals surface area contributed by atoms with Crippen molar-refractivity contribution in [2.75, 3.05) is 45.8 Å². The van der Waals surface area contributed by atoms with E-state index in [9.17, 15) is 9.59 Å². The molecule has 1 heterocycles. The second-order valence-electron chi connectivity index (χ2n) is 6.04. The van der Waals surface area contributed by atoms with Gasteiger partial charge in [-0.3, -0.25) is 14.5 Å². The van der Waals surface area contributed by atoms with Crippen LogP contribution in [0.4, 0.5) is 0 Å². The van der Waals surface area contributed by atoms with Crippen molar-refractivity contribution in [3.05, 3.63) is 35.4 Å². The second kappa shape index (κ2) is 8.80. The third-order valence-corrected chi connectivity index (χ3v) is 4.57. The second-order valence-corrected chi connectivity index (χ2v) is 6.04. The molecule has 0 unspecified atom stereocenters. The van der Waals surface area contributed by atoms with Crippen molar-refractivity contribution in [3.8, 4) is 0 Å². The summed E-state index contributed by atoms with van der Waals surface area (Å²) in [5.41, 5.74) is 7.30. The van der Waals surface area contributed by atoms with Crippen LogP contribution in [-0.2, 0) is 11.3 Å². The Kier molecular flexibility index (Phi) is 6.75. The summed E-state index contributed by atoms with van der Waals surface area (Å²) in [7, 11) is 0. The molecule has 1 aliphatic rings. The number of hydrogen-bond donors (Lipinski definition) is 1. The molecule has 0 aromatic heterocycles. The molecule has 1 aliphatic heterocycles. The first-order chi connectivity index (χ1) is 11.6. The van der Waals surface area contributed by atoms with E-state index in [0.717, 1.165) is 31.7 Å². The Morgan fingerprint density at radius 3 is 2.12 bits per heavy atom. The van der Waals surface area contributed by atoms with Gasteiger partial charge in [-0.2, -0.15) is 0 Å². The monoisotopic (exact) mass is 332 g/mol. The molecule has 0 bridgehead atoms. The molecular formula is C18H28N4O2.